The summed E-state index contributed by atoms with van der Waals surface area (Å²) in [6.07, 6.45) is 59.5. The summed E-state index contributed by atoms with van der Waals surface area (Å²) in [6, 6.07) is 0. The molecule has 0 spiro atoms. The van der Waals surface area contributed by atoms with Gasteiger partial charge in [-0.1, -0.05) is 370 Å². The monoisotopic (exact) mass is 1470 g/mol. The van der Waals surface area contributed by atoms with Crippen LogP contribution in [-0.2, 0) is 65.4 Å². The lowest BCUT2D eigenvalue weighted by Gasteiger charge is -2.21. The van der Waals surface area contributed by atoms with Crippen LogP contribution in [0.4, 0.5) is 0 Å². The van der Waals surface area contributed by atoms with Gasteiger partial charge in [-0.05, 0) is 43.4 Å². The van der Waals surface area contributed by atoms with E-state index in [4.69, 9.17) is 37.0 Å². The molecule has 3 N–H and O–H groups in total. The molecule has 0 aliphatic heterocycles. The molecule has 0 heterocycles. The van der Waals surface area contributed by atoms with Gasteiger partial charge in [0.1, 0.15) is 19.3 Å². The summed E-state index contributed by atoms with van der Waals surface area (Å²) in [5, 5.41) is 10.6. The summed E-state index contributed by atoms with van der Waals surface area (Å²) < 4.78 is 68.7. The third kappa shape index (κ3) is 73.0. The van der Waals surface area contributed by atoms with Crippen molar-refractivity contribution in [1.29, 1.82) is 0 Å². The number of carbonyl (C=O) groups excluding carboxylic acids is 4. The number of aliphatic hydroxyl groups is 1. The number of esters is 4. The van der Waals surface area contributed by atoms with Crippen molar-refractivity contribution in [2.24, 2.45) is 17.8 Å². The van der Waals surface area contributed by atoms with Crippen LogP contribution in [0.1, 0.15) is 421 Å². The highest BCUT2D eigenvalue weighted by atomic mass is 31.2. The minimum Gasteiger partial charge on any atom is -0.462 e. The van der Waals surface area contributed by atoms with Crippen LogP contribution in [0.3, 0.4) is 0 Å². The van der Waals surface area contributed by atoms with E-state index in [1.165, 1.54) is 231 Å². The number of hydrogen-bond donors (Lipinski definition) is 3. The topological polar surface area (TPSA) is 237 Å². The number of unbranched alkanes of at least 4 members (excludes halogenated alkanes) is 46. The second-order valence-corrected chi connectivity index (χ2v) is 33.3. The minimum atomic E-state index is -4.96. The fourth-order valence-electron chi connectivity index (χ4n) is 12.5. The summed E-state index contributed by atoms with van der Waals surface area (Å²) >= 11 is 0. The molecule has 0 aromatic rings. The number of aliphatic hydroxyl groups excluding tert-OH is 1. The van der Waals surface area contributed by atoms with Crippen LogP contribution >= 0.6 is 15.6 Å². The van der Waals surface area contributed by atoms with Crippen molar-refractivity contribution in [3.8, 4) is 0 Å². The summed E-state index contributed by atoms with van der Waals surface area (Å²) in [6.45, 7) is 12.0. The summed E-state index contributed by atoms with van der Waals surface area (Å²) in [4.78, 5) is 73.0. The Balaban J connectivity index is 5.25. The van der Waals surface area contributed by atoms with Gasteiger partial charge in [-0.3, -0.25) is 37.3 Å². The van der Waals surface area contributed by atoms with Crippen molar-refractivity contribution in [2.45, 2.75) is 439 Å². The minimum absolute atomic E-state index is 0.107. The molecule has 594 valence electrons. The molecular formula is C81H158O17P2. The first kappa shape index (κ1) is 98.1. The van der Waals surface area contributed by atoms with Gasteiger partial charge >= 0.3 is 39.5 Å². The van der Waals surface area contributed by atoms with Gasteiger partial charge in [0, 0.05) is 25.7 Å². The van der Waals surface area contributed by atoms with Gasteiger partial charge in [-0.25, -0.2) is 9.13 Å². The van der Waals surface area contributed by atoms with Gasteiger partial charge in [0.15, 0.2) is 12.2 Å². The van der Waals surface area contributed by atoms with Crippen molar-refractivity contribution in [3.63, 3.8) is 0 Å². The van der Waals surface area contributed by atoms with E-state index < -0.39 is 97.5 Å². The van der Waals surface area contributed by atoms with Crippen LogP contribution in [0.5, 0.6) is 0 Å². The maximum Gasteiger partial charge on any atom is 0.472 e. The zero-order valence-corrected chi connectivity index (χ0v) is 67.5. The maximum atomic E-state index is 13.1. The lowest BCUT2D eigenvalue weighted by Crippen LogP contribution is -2.30. The zero-order chi connectivity index (χ0) is 73.7. The lowest BCUT2D eigenvalue weighted by atomic mass is 9.99. The summed E-state index contributed by atoms with van der Waals surface area (Å²) in [5.74, 6) is 0.312. The van der Waals surface area contributed by atoms with Gasteiger partial charge in [-0.2, -0.15) is 0 Å². The average Bonchev–Trinajstić information content (AvgIpc) is 1.06. The van der Waals surface area contributed by atoms with Crippen molar-refractivity contribution in [2.75, 3.05) is 39.6 Å². The summed E-state index contributed by atoms with van der Waals surface area (Å²) in [5.41, 5.74) is 0. The molecule has 0 aliphatic rings. The van der Waals surface area contributed by atoms with E-state index >= 15 is 0 Å². The molecule has 0 saturated carbocycles. The Morgan fingerprint density at radius 3 is 0.760 bits per heavy atom. The van der Waals surface area contributed by atoms with Crippen LogP contribution in [0, 0.1) is 17.8 Å². The normalized spacial score (nSPS) is 14.2. The molecule has 0 radical (unpaired) electrons. The third-order valence-corrected chi connectivity index (χ3v) is 21.1. The average molecular weight is 1470 g/mol. The van der Waals surface area contributed by atoms with Gasteiger partial charge in [0.2, 0.25) is 0 Å². The van der Waals surface area contributed by atoms with Crippen LogP contribution < -0.4 is 0 Å². The van der Waals surface area contributed by atoms with Crippen molar-refractivity contribution >= 4 is 39.5 Å². The number of phosphoric ester groups is 2. The first-order chi connectivity index (χ1) is 48.3. The van der Waals surface area contributed by atoms with Crippen LogP contribution in [0.2, 0.25) is 0 Å². The van der Waals surface area contributed by atoms with Crippen molar-refractivity contribution < 1.29 is 80.2 Å². The van der Waals surface area contributed by atoms with E-state index in [-0.39, 0.29) is 25.7 Å². The maximum absolute atomic E-state index is 13.1. The fourth-order valence-corrected chi connectivity index (χ4v) is 14.0. The number of hydrogen-bond acceptors (Lipinski definition) is 15. The second kappa shape index (κ2) is 71.3. The number of ether oxygens (including phenoxy) is 4. The predicted octanol–water partition coefficient (Wildman–Crippen LogP) is 24.1. The first-order valence-corrected chi connectivity index (χ1v) is 44.9. The van der Waals surface area contributed by atoms with Gasteiger partial charge in [0.05, 0.1) is 26.4 Å². The van der Waals surface area contributed by atoms with Crippen molar-refractivity contribution in [1.82, 2.24) is 0 Å². The second-order valence-electron chi connectivity index (χ2n) is 30.4. The van der Waals surface area contributed by atoms with Crippen LogP contribution in [0.25, 0.3) is 0 Å². The molecule has 3 unspecified atom stereocenters. The molecule has 0 bridgehead atoms. The number of carbonyl (C=O) groups is 4. The molecule has 17 nitrogen and oxygen atoms in total. The molecule has 0 aromatic heterocycles. The van der Waals surface area contributed by atoms with E-state index in [0.717, 1.165) is 108 Å². The fraction of sp³-hybridized carbons (Fsp3) is 0.951. The van der Waals surface area contributed by atoms with E-state index in [1.807, 2.05) is 0 Å². The molecule has 0 amide bonds. The molecule has 100 heavy (non-hydrogen) atoms. The molecule has 0 aliphatic carbocycles. The van der Waals surface area contributed by atoms with Gasteiger partial charge in [-0.15, -0.1) is 0 Å². The predicted molar refractivity (Wildman–Crippen MR) is 409 cm³/mol. The highest BCUT2D eigenvalue weighted by Gasteiger charge is 2.30. The summed E-state index contributed by atoms with van der Waals surface area (Å²) in [7, 11) is -9.92. The van der Waals surface area contributed by atoms with E-state index in [1.54, 1.807) is 0 Å². The number of phosphoric acid groups is 2. The van der Waals surface area contributed by atoms with E-state index in [9.17, 15) is 43.2 Å². The van der Waals surface area contributed by atoms with Crippen LogP contribution in [-0.4, -0.2) is 96.7 Å². The molecule has 0 fully saturated rings. The van der Waals surface area contributed by atoms with Gasteiger partial charge in [0.25, 0.3) is 0 Å². The highest BCUT2D eigenvalue weighted by Crippen LogP contribution is 2.45. The Labute approximate surface area is 613 Å². The third-order valence-electron chi connectivity index (χ3n) is 19.2. The Morgan fingerprint density at radius 1 is 0.290 bits per heavy atom. The zero-order valence-electron chi connectivity index (χ0n) is 65.7. The Kier molecular flexibility index (Phi) is 69.9. The van der Waals surface area contributed by atoms with E-state index in [0.29, 0.717) is 25.7 Å². The Morgan fingerprint density at radius 2 is 0.510 bits per heavy atom. The molecule has 0 rings (SSSR count). The van der Waals surface area contributed by atoms with E-state index in [2.05, 4.69) is 48.5 Å². The Hall–Kier alpha value is -1.94. The molecule has 0 aromatic carbocycles. The number of rotatable bonds is 79. The smallest absolute Gasteiger partial charge is 0.462 e. The Bertz CT molecular complexity index is 1940. The SMILES string of the molecule is CCCCCCCCCCCCC(=O)OC[C@H](COP(=O)(O)OC[C@H](O)COP(=O)(O)OC[C@@H](COC(=O)CCCCCCCCCCCCCCCCC(C)C)OC(=O)CCCCCCCCCCCCCCCCC(C)CC)OC(=O)CCCCCCCCCCCCCCC(C)C. The lowest BCUT2D eigenvalue weighted by molar-refractivity contribution is -0.161. The molecule has 6 atom stereocenters. The van der Waals surface area contributed by atoms with Crippen LogP contribution in [0.15, 0.2) is 0 Å². The van der Waals surface area contributed by atoms with Gasteiger partial charge < -0.3 is 33.8 Å². The quantitative estimate of drug-likeness (QED) is 0.0222. The molecule has 19 heteroatoms. The van der Waals surface area contributed by atoms with Crippen molar-refractivity contribution in [3.05, 3.63) is 0 Å². The largest absolute Gasteiger partial charge is 0.472 e. The molecule has 0 saturated heterocycles. The standard InChI is InChI=1S/C81H158O17P2/c1-8-10-11-12-13-14-34-41-48-55-62-78(83)91-68-76(97-81(86)65-58-51-44-37-30-24-23-26-32-39-46-53-60-73(5)6)70-95-99(87,88)93-66-75(82)67-94-100(89,90)96-71-77(69-92-79(84)63-56-49-42-35-28-21-17-15-19-25-31-38-45-52-59-72(3)4)98-80(85)64-57-50-43-36-29-22-18-16-20-27-33-40-47-54-61-74(7)9-2/h72-77,82H,8-71H2,1-7H3,(H,87,88)(H,89,90)/t74?,75-,76+,77+/m0/s1. The first-order valence-electron chi connectivity index (χ1n) is 41.9. The molecular weight excluding hydrogens is 1310 g/mol. The highest BCUT2D eigenvalue weighted by molar-refractivity contribution is 7.47.